The first-order chi connectivity index (χ1) is 13.1. The molecule has 3 N–H and O–H groups in total. The molecule has 1 fully saturated rings. The fourth-order valence-corrected chi connectivity index (χ4v) is 3.19. The van der Waals surface area contributed by atoms with Gasteiger partial charge in [-0.1, -0.05) is 22.0 Å². The van der Waals surface area contributed by atoms with Crippen LogP contribution in [0.2, 0.25) is 0 Å². The molecule has 1 heterocycles. The third-order valence-electron chi connectivity index (χ3n) is 4.32. The molecule has 9 heteroatoms. The van der Waals surface area contributed by atoms with E-state index >= 15 is 0 Å². The van der Waals surface area contributed by atoms with E-state index in [0.717, 1.165) is 49.8 Å². The van der Waals surface area contributed by atoms with Gasteiger partial charge >= 0.3 is 0 Å². The van der Waals surface area contributed by atoms with Crippen LogP contribution in [0.1, 0.15) is 24.2 Å². The Bertz CT molecular complexity index is 626. The molecule has 0 spiro atoms. The molecule has 0 radical (unpaired) electrons. The number of rotatable bonds is 8. The van der Waals surface area contributed by atoms with E-state index in [2.05, 4.69) is 48.7 Å². The predicted molar refractivity (Wildman–Crippen MR) is 128 cm³/mol. The van der Waals surface area contributed by atoms with Crippen molar-refractivity contribution >= 4 is 51.8 Å². The van der Waals surface area contributed by atoms with E-state index < -0.39 is 0 Å². The van der Waals surface area contributed by atoms with Crippen LogP contribution in [0.3, 0.4) is 0 Å². The molecule has 1 unspecified atom stereocenters. The highest BCUT2D eigenvalue weighted by Crippen LogP contribution is 2.11. The molecule has 0 saturated carbocycles. The highest BCUT2D eigenvalue weighted by molar-refractivity contribution is 14.0. The smallest absolute Gasteiger partial charge is 0.251 e. The molecule has 2 rings (SSSR count). The molecule has 1 amide bonds. The molecular weight excluding hydrogens is 537 g/mol. The molecule has 158 valence electrons. The number of hydrogen-bond donors (Lipinski definition) is 3. The van der Waals surface area contributed by atoms with Crippen LogP contribution in [0, 0.1) is 0 Å². The quantitative estimate of drug-likeness (QED) is 0.194. The van der Waals surface area contributed by atoms with Crippen molar-refractivity contribution in [3.05, 3.63) is 34.3 Å². The zero-order valence-electron chi connectivity index (χ0n) is 16.5. The average Bonchev–Trinajstić information content (AvgIpc) is 2.69. The SMILES string of the molecule is CCNC(=NCC(C)N1CCOCC1)NCCNC(=O)c1cccc(Br)c1.I. The van der Waals surface area contributed by atoms with E-state index in [9.17, 15) is 4.79 Å². The van der Waals surface area contributed by atoms with Crippen LogP contribution in [0.25, 0.3) is 0 Å². The van der Waals surface area contributed by atoms with Gasteiger partial charge < -0.3 is 20.7 Å². The lowest BCUT2D eigenvalue weighted by Crippen LogP contribution is -2.45. The minimum atomic E-state index is -0.0824. The van der Waals surface area contributed by atoms with Crippen molar-refractivity contribution in [1.82, 2.24) is 20.9 Å². The van der Waals surface area contributed by atoms with Gasteiger partial charge in [-0.15, -0.1) is 24.0 Å². The van der Waals surface area contributed by atoms with Crippen molar-refractivity contribution in [2.75, 3.05) is 52.5 Å². The van der Waals surface area contributed by atoms with E-state index in [1.807, 2.05) is 19.1 Å². The number of ether oxygens (including phenoxy) is 1. The maximum absolute atomic E-state index is 12.1. The van der Waals surface area contributed by atoms with Gasteiger partial charge in [0.25, 0.3) is 5.91 Å². The second-order valence-electron chi connectivity index (χ2n) is 6.41. The van der Waals surface area contributed by atoms with Crippen LogP contribution < -0.4 is 16.0 Å². The number of benzene rings is 1. The number of nitrogens with one attached hydrogen (secondary N) is 3. The highest BCUT2D eigenvalue weighted by Gasteiger charge is 2.16. The first kappa shape index (κ1) is 25.1. The molecule has 1 saturated heterocycles. The van der Waals surface area contributed by atoms with Gasteiger partial charge in [0.05, 0.1) is 19.8 Å². The van der Waals surface area contributed by atoms with Gasteiger partial charge in [-0.2, -0.15) is 0 Å². The number of carbonyl (C=O) groups excluding carboxylic acids is 1. The van der Waals surface area contributed by atoms with Crippen molar-refractivity contribution in [2.45, 2.75) is 19.9 Å². The molecule has 7 nitrogen and oxygen atoms in total. The van der Waals surface area contributed by atoms with E-state index in [1.165, 1.54) is 0 Å². The van der Waals surface area contributed by atoms with Gasteiger partial charge in [0.2, 0.25) is 0 Å². The van der Waals surface area contributed by atoms with Crippen LogP contribution in [-0.2, 0) is 4.74 Å². The molecule has 1 atom stereocenters. The molecule has 0 aromatic heterocycles. The first-order valence-corrected chi connectivity index (χ1v) is 10.3. The normalized spacial score (nSPS) is 16.0. The standard InChI is InChI=1S/C19H30BrN5O2.HI/c1-3-21-19(24-14-15(2)25-9-11-27-12-10-25)23-8-7-22-18(26)16-5-4-6-17(20)13-16;/h4-6,13,15H,3,7-12,14H2,1-2H3,(H,22,26)(H2,21,23,24);1H. The monoisotopic (exact) mass is 567 g/mol. The van der Waals surface area contributed by atoms with Gasteiger partial charge in [0, 0.05) is 48.8 Å². The van der Waals surface area contributed by atoms with Crippen molar-refractivity contribution in [3.8, 4) is 0 Å². The van der Waals surface area contributed by atoms with Crippen molar-refractivity contribution < 1.29 is 9.53 Å². The summed E-state index contributed by atoms with van der Waals surface area (Å²) < 4.78 is 6.29. The molecular formula is C19H31BrIN5O2. The van der Waals surface area contributed by atoms with Crippen LogP contribution in [0.4, 0.5) is 0 Å². The minimum absolute atomic E-state index is 0. The Labute approximate surface area is 193 Å². The van der Waals surface area contributed by atoms with Crippen molar-refractivity contribution in [2.24, 2.45) is 4.99 Å². The fraction of sp³-hybridized carbons (Fsp3) is 0.579. The second kappa shape index (κ2) is 14.1. The van der Waals surface area contributed by atoms with E-state index in [-0.39, 0.29) is 29.9 Å². The Morgan fingerprint density at radius 3 is 2.64 bits per heavy atom. The molecule has 1 aliphatic rings. The summed E-state index contributed by atoms with van der Waals surface area (Å²) in [6, 6.07) is 7.73. The van der Waals surface area contributed by atoms with E-state index in [1.54, 1.807) is 12.1 Å². The largest absolute Gasteiger partial charge is 0.379 e. The average molecular weight is 568 g/mol. The molecule has 1 aliphatic heterocycles. The highest BCUT2D eigenvalue weighted by atomic mass is 127. The molecule has 0 bridgehead atoms. The van der Waals surface area contributed by atoms with E-state index in [4.69, 9.17) is 4.74 Å². The lowest BCUT2D eigenvalue weighted by Gasteiger charge is -2.31. The third kappa shape index (κ3) is 9.06. The summed E-state index contributed by atoms with van der Waals surface area (Å²) in [5, 5.41) is 9.43. The minimum Gasteiger partial charge on any atom is -0.379 e. The Hall–Kier alpha value is -0.910. The topological polar surface area (TPSA) is 78.0 Å². The molecule has 1 aromatic rings. The Kier molecular flexibility index (Phi) is 12.7. The summed E-state index contributed by atoms with van der Waals surface area (Å²) in [6.45, 7) is 10.4. The Morgan fingerprint density at radius 2 is 1.96 bits per heavy atom. The molecule has 0 aliphatic carbocycles. The van der Waals surface area contributed by atoms with E-state index in [0.29, 0.717) is 24.7 Å². The number of guanidine groups is 1. The maximum Gasteiger partial charge on any atom is 0.251 e. The summed E-state index contributed by atoms with van der Waals surface area (Å²) in [4.78, 5) is 19.2. The predicted octanol–water partition coefficient (Wildman–Crippen LogP) is 2.07. The number of carbonyl (C=O) groups is 1. The van der Waals surface area contributed by atoms with Gasteiger partial charge in [0.1, 0.15) is 0 Å². The second-order valence-corrected chi connectivity index (χ2v) is 7.33. The molecule has 1 aromatic carbocycles. The van der Waals surface area contributed by atoms with Crippen LogP contribution in [0.5, 0.6) is 0 Å². The van der Waals surface area contributed by atoms with Crippen LogP contribution in [0.15, 0.2) is 33.7 Å². The summed E-state index contributed by atoms with van der Waals surface area (Å²) in [6.07, 6.45) is 0. The zero-order chi connectivity index (χ0) is 19.5. The number of nitrogens with zero attached hydrogens (tertiary/aromatic N) is 2. The van der Waals surface area contributed by atoms with Gasteiger partial charge in [-0.25, -0.2) is 0 Å². The number of aliphatic imine (C=N–C) groups is 1. The Balaban J connectivity index is 0.00000392. The zero-order valence-corrected chi connectivity index (χ0v) is 20.5. The Morgan fingerprint density at radius 1 is 1.25 bits per heavy atom. The third-order valence-corrected chi connectivity index (χ3v) is 4.81. The summed E-state index contributed by atoms with van der Waals surface area (Å²) >= 11 is 3.38. The number of halogens is 2. The van der Waals surface area contributed by atoms with Gasteiger partial charge in [-0.3, -0.25) is 14.7 Å². The summed E-state index contributed by atoms with van der Waals surface area (Å²) in [5.41, 5.74) is 0.643. The number of amides is 1. The lowest BCUT2D eigenvalue weighted by atomic mass is 10.2. The summed E-state index contributed by atoms with van der Waals surface area (Å²) in [5.74, 6) is 0.690. The van der Waals surface area contributed by atoms with Gasteiger partial charge in [0.15, 0.2) is 5.96 Å². The van der Waals surface area contributed by atoms with Gasteiger partial charge in [-0.05, 0) is 32.0 Å². The van der Waals surface area contributed by atoms with Crippen LogP contribution >= 0.6 is 39.9 Å². The van der Waals surface area contributed by atoms with Crippen LogP contribution in [-0.4, -0.2) is 75.3 Å². The molecule has 28 heavy (non-hydrogen) atoms. The summed E-state index contributed by atoms with van der Waals surface area (Å²) in [7, 11) is 0. The fourth-order valence-electron chi connectivity index (χ4n) is 2.79. The van der Waals surface area contributed by atoms with Crippen molar-refractivity contribution in [3.63, 3.8) is 0 Å². The first-order valence-electron chi connectivity index (χ1n) is 9.48. The number of morpholine rings is 1. The number of hydrogen-bond acceptors (Lipinski definition) is 4. The maximum atomic E-state index is 12.1. The van der Waals surface area contributed by atoms with Crippen molar-refractivity contribution in [1.29, 1.82) is 0 Å². The lowest BCUT2D eigenvalue weighted by molar-refractivity contribution is 0.0220.